The first-order valence-electron chi connectivity index (χ1n) is 11.8. The zero-order valence-electron chi connectivity index (χ0n) is 18.8. The highest BCUT2D eigenvalue weighted by Gasteiger charge is 2.45. The van der Waals surface area contributed by atoms with Crippen LogP contribution >= 0.6 is 0 Å². The molecule has 4 heterocycles. The van der Waals surface area contributed by atoms with Crippen LogP contribution in [0.3, 0.4) is 0 Å². The second-order valence-corrected chi connectivity index (χ2v) is 9.27. The molecule has 6 heteroatoms. The van der Waals surface area contributed by atoms with E-state index < -0.39 is 0 Å². The molecule has 0 bridgehead atoms. The summed E-state index contributed by atoms with van der Waals surface area (Å²) in [6.45, 7) is 7.38. The molecule has 1 aromatic carbocycles. The summed E-state index contributed by atoms with van der Waals surface area (Å²) >= 11 is 0. The SMILES string of the molecule is CCN(CC1CCN(C2(Cc3ccccc3)COC2)CC1)C(=O)c1cc2ncccc2[nH]1. The lowest BCUT2D eigenvalue weighted by atomic mass is 9.84. The summed E-state index contributed by atoms with van der Waals surface area (Å²) < 4.78 is 5.67. The van der Waals surface area contributed by atoms with E-state index in [2.05, 4.69) is 52.1 Å². The molecular formula is C26H32N4O2. The highest BCUT2D eigenvalue weighted by molar-refractivity contribution is 5.97. The fourth-order valence-electron chi connectivity index (χ4n) is 5.21. The van der Waals surface area contributed by atoms with Crippen molar-refractivity contribution in [1.82, 2.24) is 19.8 Å². The minimum absolute atomic E-state index is 0.0703. The molecule has 3 aromatic rings. The number of aromatic amines is 1. The molecule has 1 amide bonds. The number of rotatable bonds is 7. The summed E-state index contributed by atoms with van der Waals surface area (Å²) in [4.78, 5) is 25.3. The molecule has 2 aliphatic rings. The predicted octanol–water partition coefficient (Wildman–Crippen LogP) is 3.75. The van der Waals surface area contributed by atoms with E-state index in [1.54, 1.807) is 6.20 Å². The van der Waals surface area contributed by atoms with Gasteiger partial charge in [0.05, 0.1) is 29.8 Å². The number of hydrogen-bond donors (Lipinski definition) is 1. The number of hydrogen-bond acceptors (Lipinski definition) is 4. The van der Waals surface area contributed by atoms with Gasteiger partial charge in [0.2, 0.25) is 0 Å². The second kappa shape index (κ2) is 9.04. The Morgan fingerprint density at radius 1 is 1.19 bits per heavy atom. The molecule has 0 unspecified atom stereocenters. The molecule has 0 saturated carbocycles. The van der Waals surface area contributed by atoms with Crippen molar-refractivity contribution in [3.8, 4) is 0 Å². The second-order valence-electron chi connectivity index (χ2n) is 9.27. The average molecular weight is 433 g/mol. The van der Waals surface area contributed by atoms with E-state index in [9.17, 15) is 4.79 Å². The topological polar surface area (TPSA) is 61.5 Å². The minimum Gasteiger partial charge on any atom is -0.377 e. The van der Waals surface area contributed by atoms with Crippen molar-refractivity contribution in [3.63, 3.8) is 0 Å². The third-order valence-corrected chi connectivity index (χ3v) is 7.17. The molecule has 0 spiro atoms. The molecule has 0 atom stereocenters. The number of aromatic nitrogens is 2. The van der Waals surface area contributed by atoms with Gasteiger partial charge in [0.25, 0.3) is 5.91 Å². The number of carbonyl (C=O) groups is 1. The van der Waals surface area contributed by atoms with Crippen molar-refractivity contribution >= 4 is 16.9 Å². The number of amides is 1. The molecular weight excluding hydrogens is 400 g/mol. The van der Waals surface area contributed by atoms with E-state index in [0.717, 1.165) is 63.1 Å². The van der Waals surface area contributed by atoms with Gasteiger partial charge in [-0.15, -0.1) is 0 Å². The number of H-pyrrole nitrogens is 1. The average Bonchev–Trinajstić information content (AvgIpc) is 3.25. The van der Waals surface area contributed by atoms with Crippen LogP contribution in [0.5, 0.6) is 0 Å². The number of nitrogens with zero attached hydrogens (tertiary/aromatic N) is 3. The first-order valence-corrected chi connectivity index (χ1v) is 11.8. The Bertz CT molecular complexity index is 1020. The van der Waals surface area contributed by atoms with Gasteiger partial charge >= 0.3 is 0 Å². The van der Waals surface area contributed by atoms with Crippen molar-refractivity contribution in [2.75, 3.05) is 39.4 Å². The smallest absolute Gasteiger partial charge is 0.270 e. The number of nitrogens with one attached hydrogen (secondary N) is 1. The standard InChI is InChI=1S/C26H32N4O2/c1-2-29(25(31)24-15-23-22(28-24)9-6-12-27-23)17-21-10-13-30(14-11-21)26(18-32-19-26)16-20-7-4-3-5-8-20/h3-9,12,15,21,28H,2,10-11,13-14,16-19H2,1H3. The molecule has 168 valence electrons. The van der Waals surface area contributed by atoms with Gasteiger partial charge in [0.15, 0.2) is 0 Å². The zero-order chi connectivity index (χ0) is 22.0. The summed E-state index contributed by atoms with van der Waals surface area (Å²) in [5, 5.41) is 0. The summed E-state index contributed by atoms with van der Waals surface area (Å²) in [5.74, 6) is 0.605. The fourth-order valence-corrected chi connectivity index (χ4v) is 5.21. The number of fused-ring (bicyclic) bond motifs is 1. The van der Waals surface area contributed by atoms with Crippen molar-refractivity contribution in [2.45, 2.75) is 31.7 Å². The summed E-state index contributed by atoms with van der Waals surface area (Å²) in [7, 11) is 0. The van der Waals surface area contributed by atoms with E-state index >= 15 is 0 Å². The lowest BCUT2D eigenvalue weighted by Gasteiger charge is -2.52. The molecule has 5 rings (SSSR count). The molecule has 2 fully saturated rings. The zero-order valence-corrected chi connectivity index (χ0v) is 18.8. The van der Waals surface area contributed by atoms with Crippen LogP contribution in [0.4, 0.5) is 0 Å². The highest BCUT2D eigenvalue weighted by atomic mass is 16.5. The minimum atomic E-state index is 0.0703. The van der Waals surface area contributed by atoms with E-state index in [4.69, 9.17) is 4.74 Å². The van der Waals surface area contributed by atoms with E-state index in [-0.39, 0.29) is 11.4 Å². The number of pyridine rings is 1. The Labute approximate surface area is 189 Å². The van der Waals surface area contributed by atoms with Crippen LogP contribution in [0.1, 0.15) is 35.8 Å². The van der Waals surface area contributed by atoms with Crippen LogP contribution < -0.4 is 0 Å². The summed E-state index contributed by atoms with van der Waals surface area (Å²) in [6, 6.07) is 16.5. The Morgan fingerprint density at radius 2 is 1.97 bits per heavy atom. The maximum Gasteiger partial charge on any atom is 0.270 e. The third kappa shape index (κ3) is 4.17. The summed E-state index contributed by atoms with van der Waals surface area (Å²) in [5.41, 5.74) is 3.91. The lowest BCUT2D eigenvalue weighted by Crippen LogP contribution is -2.65. The number of benzene rings is 1. The Kier molecular flexibility index (Phi) is 5.98. The number of ether oxygens (including phenoxy) is 1. The molecule has 2 aliphatic heterocycles. The highest BCUT2D eigenvalue weighted by Crippen LogP contribution is 2.33. The van der Waals surface area contributed by atoms with Gasteiger partial charge in [0.1, 0.15) is 5.69 Å². The maximum atomic E-state index is 13.1. The van der Waals surface area contributed by atoms with Crippen LogP contribution in [-0.4, -0.2) is 70.6 Å². The largest absolute Gasteiger partial charge is 0.377 e. The normalized spacial score (nSPS) is 19.0. The predicted molar refractivity (Wildman–Crippen MR) is 126 cm³/mol. The Hall–Kier alpha value is -2.70. The summed E-state index contributed by atoms with van der Waals surface area (Å²) in [6.07, 6.45) is 5.04. The van der Waals surface area contributed by atoms with Gasteiger partial charge in [0, 0.05) is 19.3 Å². The van der Waals surface area contributed by atoms with Gasteiger partial charge in [-0.05, 0) is 69.0 Å². The number of piperidine rings is 1. The van der Waals surface area contributed by atoms with Gasteiger partial charge in [-0.25, -0.2) is 0 Å². The molecule has 6 nitrogen and oxygen atoms in total. The van der Waals surface area contributed by atoms with Gasteiger partial charge < -0.3 is 14.6 Å². The first-order chi connectivity index (χ1) is 15.7. The third-order valence-electron chi connectivity index (χ3n) is 7.17. The van der Waals surface area contributed by atoms with Crippen molar-refractivity contribution < 1.29 is 9.53 Å². The molecule has 0 aliphatic carbocycles. The van der Waals surface area contributed by atoms with E-state index in [0.29, 0.717) is 18.2 Å². The van der Waals surface area contributed by atoms with Gasteiger partial charge in [-0.3, -0.25) is 14.7 Å². The van der Waals surface area contributed by atoms with Crippen LogP contribution in [-0.2, 0) is 11.2 Å². The van der Waals surface area contributed by atoms with Crippen molar-refractivity contribution in [1.29, 1.82) is 0 Å². The number of likely N-dealkylation sites (tertiary alicyclic amines) is 1. The molecule has 1 N–H and O–H groups in total. The van der Waals surface area contributed by atoms with Crippen LogP contribution in [0.25, 0.3) is 11.0 Å². The monoisotopic (exact) mass is 432 g/mol. The first kappa shape index (κ1) is 21.2. The van der Waals surface area contributed by atoms with Crippen LogP contribution in [0.2, 0.25) is 0 Å². The van der Waals surface area contributed by atoms with Crippen LogP contribution in [0, 0.1) is 5.92 Å². The Balaban J connectivity index is 1.19. The van der Waals surface area contributed by atoms with E-state index in [1.165, 1.54) is 5.56 Å². The molecule has 2 aromatic heterocycles. The maximum absolute atomic E-state index is 13.1. The van der Waals surface area contributed by atoms with Gasteiger partial charge in [-0.2, -0.15) is 0 Å². The fraction of sp³-hybridized carbons (Fsp3) is 0.462. The van der Waals surface area contributed by atoms with E-state index in [1.807, 2.05) is 23.1 Å². The quantitative estimate of drug-likeness (QED) is 0.618. The Morgan fingerprint density at radius 3 is 2.62 bits per heavy atom. The molecule has 0 radical (unpaired) electrons. The molecule has 2 saturated heterocycles. The van der Waals surface area contributed by atoms with Crippen molar-refractivity contribution in [2.24, 2.45) is 5.92 Å². The van der Waals surface area contributed by atoms with Crippen LogP contribution in [0.15, 0.2) is 54.7 Å². The lowest BCUT2D eigenvalue weighted by molar-refractivity contribution is -0.148. The van der Waals surface area contributed by atoms with Gasteiger partial charge in [-0.1, -0.05) is 30.3 Å². The molecule has 32 heavy (non-hydrogen) atoms. The van der Waals surface area contributed by atoms with Crippen molar-refractivity contribution in [3.05, 3.63) is 66.0 Å². The number of carbonyl (C=O) groups excluding carboxylic acids is 1.